The number of ether oxygens (including phenoxy) is 2. The molecule has 0 aliphatic carbocycles. The van der Waals surface area contributed by atoms with E-state index in [9.17, 15) is 20.4 Å². The Labute approximate surface area is 210 Å². The predicted molar refractivity (Wildman–Crippen MR) is 131 cm³/mol. The zero-order valence-corrected chi connectivity index (χ0v) is 19.8. The zero-order valence-electron chi connectivity index (χ0n) is 19.8. The monoisotopic (exact) mass is 506 g/mol. The molecule has 0 saturated carbocycles. The summed E-state index contributed by atoms with van der Waals surface area (Å²) in [4.78, 5) is 4.48. The highest BCUT2D eigenvalue weighted by molar-refractivity contribution is 5.80. The summed E-state index contributed by atoms with van der Waals surface area (Å²) in [5.41, 5.74) is 2.92. The van der Waals surface area contributed by atoms with Crippen LogP contribution in [-0.2, 0) is 4.74 Å². The maximum atomic E-state index is 10.1. The highest BCUT2D eigenvalue weighted by Gasteiger charge is 2.44. The van der Waals surface area contributed by atoms with E-state index in [-0.39, 0.29) is 5.49 Å². The van der Waals surface area contributed by atoms with Gasteiger partial charge in [-0.05, 0) is 48.9 Å². The molecule has 1 fully saturated rings. The van der Waals surface area contributed by atoms with Gasteiger partial charge >= 0.3 is 0 Å². The minimum atomic E-state index is -1.52. The summed E-state index contributed by atoms with van der Waals surface area (Å²) >= 11 is 0. The van der Waals surface area contributed by atoms with Crippen molar-refractivity contribution in [2.45, 2.75) is 37.6 Å². The van der Waals surface area contributed by atoms with Crippen LogP contribution in [0.1, 0.15) is 11.3 Å². The molecule has 192 valence electrons. The van der Waals surface area contributed by atoms with Crippen molar-refractivity contribution < 1.29 is 29.9 Å². The Morgan fingerprint density at radius 2 is 1.78 bits per heavy atom. The minimum Gasteiger partial charge on any atom is -0.462 e. The lowest BCUT2D eigenvalue weighted by Gasteiger charge is -2.39. The lowest BCUT2D eigenvalue weighted by molar-refractivity contribution is -0.277. The van der Waals surface area contributed by atoms with Crippen LogP contribution in [-0.4, -0.2) is 83.4 Å². The van der Waals surface area contributed by atoms with Gasteiger partial charge in [0, 0.05) is 0 Å². The molecule has 12 heteroatoms. The Kier molecular flexibility index (Phi) is 6.82. The second-order valence-corrected chi connectivity index (χ2v) is 8.60. The van der Waals surface area contributed by atoms with Crippen molar-refractivity contribution >= 4 is 17.2 Å². The van der Waals surface area contributed by atoms with Gasteiger partial charge in [-0.1, -0.05) is 18.2 Å². The molecule has 0 amide bonds. The number of aryl methyl sites for hydroxylation is 1. The first-order chi connectivity index (χ1) is 17.9. The number of aliphatic hydroxyl groups is 4. The molecular formula is C25H26N6O6. The minimum absolute atomic E-state index is 0.142. The quantitative estimate of drug-likeness (QED) is 0.229. The van der Waals surface area contributed by atoms with E-state index in [1.165, 1.54) is 11.0 Å². The van der Waals surface area contributed by atoms with Gasteiger partial charge in [0.2, 0.25) is 6.29 Å². The molecule has 2 aromatic heterocycles. The standard InChI is InChI=1S/C25H26N6O6/c1-14-19-23(26)30(13-27-24(19)31(29-14)16-5-3-2-4-6-16)28-11-15-7-9-17(10-8-15)36-25-22(35)21(34)20(33)18(12-32)37-25/h2-11,13,18,20-22,25-26,32-35H,12H2,1H3. The lowest BCUT2D eigenvalue weighted by Crippen LogP contribution is -2.60. The van der Waals surface area contributed by atoms with Crippen LogP contribution in [0.25, 0.3) is 16.7 Å². The first kappa shape index (κ1) is 24.7. The number of aliphatic hydroxyl groups excluding tert-OH is 4. The smallest absolute Gasteiger partial charge is 0.229 e. The van der Waals surface area contributed by atoms with Crippen LogP contribution < -0.4 is 10.2 Å². The summed E-state index contributed by atoms with van der Waals surface area (Å²) in [6.07, 6.45) is -3.79. The van der Waals surface area contributed by atoms with E-state index in [2.05, 4.69) is 15.2 Å². The molecule has 5 atom stereocenters. The van der Waals surface area contributed by atoms with Gasteiger partial charge in [0.1, 0.15) is 36.5 Å². The lowest BCUT2D eigenvalue weighted by atomic mass is 9.99. The Bertz CT molecular complexity index is 1470. The summed E-state index contributed by atoms with van der Waals surface area (Å²) < 4.78 is 14.0. The van der Waals surface area contributed by atoms with Gasteiger partial charge in [0.15, 0.2) is 11.1 Å². The maximum Gasteiger partial charge on any atom is 0.229 e. The van der Waals surface area contributed by atoms with Crippen molar-refractivity contribution in [3.8, 4) is 11.4 Å². The molecule has 4 aromatic rings. The van der Waals surface area contributed by atoms with Gasteiger partial charge in [0.05, 0.1) is 29.6 Å². The van der Waals surface area contributed by atoms with Gasteiger partial charge in [-0.2, -0.15) is 10.2 Å². The van der Waals surface area contributed by atoms with Crippen LogP contribution >= 0.6 is 0 Å². The summed E-state index contributed by atoms with van der Waals surface area (Å²) in [7, 11) is 0. The van der Waals surface area contributed by atoms with Crippen molar-refractivity contribution in [2.24, 2.45) is 5.10 Å². The van der Waals surface area contributed by atoms with Gasteiger partial charge in [0.25, 0.3) is 0 Å². The Hall–Kier alpha value is -3.94. The van der Waals surface area contributed by atoms with E-state index >= 15 is 0 Å². The van der Waals surface area contributed by atoms with Crippen LogP contribution in [0, 0.1) is 12.3 Å². The SMILES string of the molecule is Cc1nn(-c2ccccc2)c2ncn(N=Cc3ccc(OC4OC(CO)C(O)C(O)C4O)cc3)c(=N)c12. The molecule has 12 nitrogen and oxygen atoms in total. The fourth-order valence-electron chi connectivity index (χ4n) is 4.09. The first-order valence-electron chi connectivity index (χ1n) is 11.6. The molecule has 3 heterocycles. The van der Waals surface area contributed by atoms with Crippen molar-refractivity contribution in [2.75, 3.05) is 6.61 Å². The van der Waals surface area contributed by atoms with Crippen molar-refractivity contribution in [3.05, 3.63) is 77.7 Å². The van der Waals surface area contributed by atoms with Crippen LogP contribution in [0.5, 0.6) is 5.75 Å². The zero-order chi connectivity index (χ0) is 26.1. The molecule has 5 N–H and O–H groups in total. The second kappa shape index (κ2) is 10.2. The van der Waals surface area contributed by atoms with Gasteiger partial charge in [-0.15, -0.1) is 0 Å². The number of hydrogen-bond acceptors (Lipinski definition) is 10. The number of fused-ring (bicyclic) bond motifs is 1. The van der Waals surface area contributed by atoms with E-state index in [1.807, 2.05) is 37.3 Å². The average molecular weight is 507 g/mol. The predicted octanol–water partition coefficient (Wildman–Crippen LogP) is 0.0708. The van der Waals surface area contributed by atoms with Crippen molar-refractivity contribution in [1.29, 1.82) is 5.41 Å². The molecule has 0 radical (unpaired) electrons. The van der Waals surface area contributed by atoms with E-state index in [1.54, 1.807) is 35.2 Å². The number of benzene rings is 2. The third-order valence-electron chi connectivity index (χ3n) is 6.10. The summed E-state index contributed by atoms with van der Waals surface area (Å²) in [6, 6.07) is 16.2. The molecule has 37 heavy (non-hydrogen) atoms. The summed E-state index contributed by atoms with van der Waals surface area (Å²) in [5, 5.41) is 57.4. The molecule has 0 spiro atoms. The van der Waals surface area contributed by atoms with Crippen LogP contribution in [0.4, 0.5) is 0 Å². The van der Waals surface area contributed by atoms with Crippen LogP contribution in [0.3, 0.4) is 0 Å². The Morgan fingerprint density at radius 3 is 2.49 bits per heavy atom. The Morgan fingerprint density at radius 1 is 1.05 bits per heavy atom. The first-order valence-corrected chi connectivity index (χ1v) is 11.6. The number of nitrogens with zero attached hydrogens (tertiary/aromatic N) is 5. The third kappa shape index (κ3) is 4.75. The van der Waals surface area contributed by atoms with Gasteiger partial charge in [-0.3, -0.25) is 5.41 Å². The molecule has 1 saturated heterocycles. The van der Waals surface area contributed by atoms with Gasteiger partial charge < -0.3 is 29.9 Å². The van der Waals surface area contributed by atoms with Gasteiger partial charge in [-0.25, -0.2) is 14.3 Å². The van der Waals surface area contributed by atoms with Crippen LogP contribution in [0.2, 0.25) is 0 Å². The molecule has 1 aliphatic rings. The normalized spacial score (nSPS) is 24.1. The molecule has 1 aliphatic heterocycles. The second-order valence-electron chi connectivity index (χ2n) is 8.60. The average Bonchev–Trinajstić information content (AvgIpc) is 3.26. The van der Waals surface area contributed by atoms with E-state index < -0.39 is 37.3 Å². The number of hydrogen-bond donors (Lipinski definition) is 5. The number of rotatable bonds is 6. The maximum absolute atomic E-state index is 10.1. The van der Waals surface area contributed by atoms with Crippen molar-refractivity contribution in [1.82, 2.24) is 19.4 Å². The van der Waals surface area contributed by atoms with E-state index in [0.717, 1.165) is 5.69 Å². The summed E-state index contributed by atoms with van der Waals surface area (Å²) in [6.45, 7) is 1.28. The molecule has 2 aromatic carbocycles. The van der Waals surface area contributed by atoms with E-state index in [0.29, 0.717) is 28.0 Å². The molecule has 5 rings (SSSR count). The largest absolute Gasteiger partial charge is 0.462 e. The van der Waals surface area contributed by atoms with Crippen molar-refractivity contribution in [3.63, 3.8) is 0 Å². The van der Waals surface area contributed by atoms with Crippen LogP contribution in [0.15, 0.2) is 66.0 Å². The molecule has 5 unspecified atom stereocenters. The highest BCUT2D eigenvalue weighted by Crippen LogP contribution is 2.24. The fourth-order valence-corrected chi connectivity index (χ4v) is 4.09. The number of aromatic nitrogens is 4. The third-order valence-corrected chi connectivity index (χ3v) is 6.10. The fraction of sp³-hybridized carbons (Fsp3) is 0.280. The Balaban J connectivity index is 1.33. The number of para-hydroxylation sites is 1. The number of nitrogens with one attached hydrogen (secondary N) is 1. The molecular weight excluding hydrogens is 480 g/mol. The summed E-state index contributed by atoms with van der Waals surface area (Å²) in [5.74, 6) is 0.336. The topological polar surface area (TPSA) is 171 Å². The highest BCUT2D eigenvalue weighted by atomic mass is 16.7. The van der Waals surface area contributed by atoms with E-state index in [4.69, 9.17) is 14.9 Å². The molecule has 0 bridgehead atoms.